The quantitative estimate of drug-likeness (QED) is 0.313. The maximum absolute atomic E-state index is 9.94. The highest BCUT2D eigenvalue weighted by molar-refractivity contribution is 4.49. The lowest BCUT2D eigenvalue weighted by molar-refractivity contribution is -0.919. The van der Waals surface area contributed by atoms with Crippen LogP contribution >= 0.6 is 0 Å². The number of rotatable bonds is 13. The Balaban J connectivity index is 3.23. The predicted molar refractivity (Wildman–Crippen MR) is 93.1 cm³/mol. The van der Waals surface area contributed by atoms with Crippen LogP contribution in [0.15, 0.2) is 0 Å². The minimum absolute atomic E-state index is 0.203. The van der Waals surface area contributed by atoms with E-state index >= 15 is 0 Å². The third-order valence-electron chi connectivity index (χ3n) is 4.19. The number of aliphatic hydroxyl groups excluding tert-OH is 1. The topological polar surface area (TPSA) is 20.2 Å². The van der Waals surface area contributed by atoms with Gasteiger partial charge in [-0.25, -0.2) is 0 Å². The van der Waals surface area contributed by atoms with E-state index in [0.717, 1.165) is 10.9 Å². The van der Waals surface area contributed by atoms with Gasteiger partial charge in [0, 0.05) is 6.42 Å². The number of unbranched alkanes of at least 4 members (excludes halogenated alkanes) is 8. The summed E-state index contributed by atoms with van der Waals surface area (Å²) >= 11 is 0. The van der Waals surface area contributed by atoms with E-state index in [1.54, 1.807) is 0 Å². The second-order valence-electron chi connectivity index (χ2n) is 8.58. The molecular weight excluding hydrogens is 260 g/mol. The van der Waals surface area contributed by atoms with Crippen LogP contribution in [-0.4, -0.2) is 69.1 Å². The molecule has 0 radical (unpaired) electrons. The first kappa shape index (κ1) is 20.9. The molecule has 0 aromatic carbocycles. The van der Waals surface area contributed by atoms with Crippen LogP contribution in [0, 0.1) is 0 Å². The first-order valence-corrected chi connectivity index (χ1v) is 8.92. The lowest BCUT2D eigenvalue weighted by Crippen LogP contribution is -2.44. The van der Waals surface area contributed by atoms with Crippen molar-refractivity contribution >= 4 is 0 Å². The fraction of sp³-hybridized carbons (Fsp3) is 1.00. The highest BCUT2D eigenvalue weighted by atomic mass is 16.3. The first-order valence-electron chi connectivity index (χ1n) is 8.92. The maximum atomic E-state index is 9.94. The van der Waals surface area contributed by atoms with Crippen LogP contribution in [0.1, 0.15) is 64.2 Å². The van der Waals surface area contributed by atoms with Gasteiger partial charge in [-0.3, -0.25) is 0 Å². The first-order chi connectivity index (χ1) is 9.63. The number of nitrogens with zero attached hydrogens (tertiary/aromatic N) is 2. The van der Waals surface area contributed by atoms with E-state index in [0.29, 0.717) is 4.48 Å². The van der Waals surface area contributed by atoms with Gasteiger partial charge < -0.3 is 14.1 Å². The number of aliphatic hydroxyl groups is 1. The molecule has 0 aliphatic carbocycles. The molecule has 0 fully saturated rings. The van der Waals surface area contributed by atoms with Gasteiger partial charge in [-0.2, -0.15) is 0 Å². The molecule has 0 heterocycles. The molecule has 0 bridgehead atoms. The second kappa shape index (κ2) is 10.6. The van der Waals surface area contributed by atoms with E-state index in [9.17, 15) is 5.11 Å². The van der Waals surface area contributed by atoms with Gasteiger partial charge in [-0.05, 0) is 19.3 Å². The van der Waals surface area contributed by atoms with E-state index in [1.807, 2.05) is 0 Å². The number of hydrogen-bond acceptors (Lipinski definition) is 1. The van der Waals surface area contributed by atoms with Crippen molar-refractivity contribution in [1.82, 2.24) is 0 Å². The molecule has 1 atom stereocenters. The molecule has 0 spiro atoms. The largest absolute Gasteiger partial charge is 0.345 e. The Morgan fingerprint density at radius 3 is 1.38 bits per heavy atom. The van der Waals surface area contributed by atoms with Crippen LogP contribution in [0.4, 0.5) is 0 Å². The summed E-state index contributed by atoms with van der Waals surface area (Å²) in [5.41, 5.74) is 0. The fourth-order valence-electron chi connectivity index (χ4n) is 2.54. The van der Waals surface area contributed by atoms with Crippen molar-refractivity contribution in [2.45, 2.75) is 70.4 Å². The molecule has 0 aliphatic heterocycles. The minimum Gasteiger partial charge on any atom is -0.345 e. The molecule has 0 saturated heterocycles. The zero-order chi connectivity index (χ0) is 16.4. The van der Waals surface area contributed by atoms with Crippen molar-refractivity contribution in [3.8, 4) is 0 Å². The van der Waals surface area contributed by atoms with Gasteiger partial charge in [0.15, 0.2) is 6.23 Å². The van der Waals surface area contributed by atoms with Crippen LogP contribution in [0.2, 0.25) is 0 Å². The van der Waals surface area contributed by atoms with Gasteiger partial charge >= 0.3 is 0 Å². The molecule has 0 aromatic rings. The van der Waals surface area contributed by atoms with Crippen molar-refractivity contribution in [2.24, 2.45) is 0 Å². The summed E-state index contributed by atoms with van der Waals surface area (Å²) in [4.78, 5) is 0. The summed E-state index contributed by atoms with van der Waals surface area (Å²) < 4.78 is 1.76. The monoisotopic (exact) mass is 302 g/mol. The fourth-order valence-corrected chi connectivity index (χ4v) is 2.54. The molecular formula is C18H42N2O+2. The highest BCUT2D eigenvalue weighted by Gasteiger charge is 2.19. The summed E-state index contributed by atoms with van der Waals surface area (Å²) in [6.45, 7) is 1.30. The third-order valence-corrected chi connectivity index (χ3v) is 4.19. The lowest BCUT2D eigenvalue weighted by atomic mass is 10.1. The van der Waals surface area contributed by atoms with E-state index in [1.165, 1.54) is 64.3 Å². The summed E-state index contributed by atoms with van der Waals surface area (Å²) in [6, 6.07) is 0. The van der Waals surface area contributed by atoms with Crippen LogP contribution in [0.5, 0.6) is 0 Å². The van der Waals surface area contributed by atoms with Crippen molar-refractivity contribution < 1.29 is 14.1 Å². The van der Waals surface area contributed by atoms with Gasteiger partial charge in [0.2, 0.25) is 0 Å². The van der Waals surface area contributed by atoms with Crippen molar-refractivity contribution in [2.75, 3.05) is 48.8 Å². The van der Waals surface area contributed by atoms with Crippen LogP contribution in [0.25, 0.3) is 0 Å². The van der Waals surface area contributed by atoms with Gasteiger partial charge in [-0.15, -0.1) is 0 Å². The summed E-state index contributed by atoms with van der Waals surface area (Å²) in [6.07, 6.45) is 12.8. The van der Waals surface area contributed by atoms with E-state index in [4.69, 9.17) is 0 Å². The lowest BCUT2D eigenvalue weighted by Gasteiger charge is -2.29. The van der Waals surface area contributed by atoms with Gasteiger partial charge in [0.1, 0.15) is 0 Å². The molecule has 0 rings (SSSR count). The molecule has 1 N–H and O–H groups in total. The van der Waals surface area contributed by atoms with Gasteiger partial charge in [-0.1, -0.05) is 38.5 Å². The molecule has 0 aromatic heterocycles. The molecule has 3 heteroatoms. The summed E-state index contributed by atoms with van der Waals surface area (Å²) in [5, 5.41) is 9.94. The van der Waals surface area contributed by atoms with Crippen molar-refractivity contribution in [3.63, 3.8) is 0 Å². The molecule has 3 nitrogen and oxygen atoms in total. The van der Waals surface area contributed by atoms with Gasteiger partial charge in [0.05, 0.1) is 48.8 Å². The standard InChI is InChI=1S/C18H42N2O/c1-19(2,3)17-15-13-11-9-7-8-10-12-14-16-18(21)20(4,5)6/h18,21H,7-17H2,1-6H3/q+2. The zero-order valence-corrected chi connectivity index (χ0v) is 15.7. The number of quaternary nitrogens is 2. The smallest absolute Gasteiger partial charge is 0.189 e. The van der Waals surface area contributed by atoms with E-state index < -0.39 is 0 Å². The Morgan fingerprint density at radius 2 is 1.00 bits per heavy atom. The molecule has 128 valence electrons. The Kier molecular flexibility index (Phi) is 10.5. The van der Waals surface area contributed by atoms with Crippen LogP contribution in [-0.2, 0) is 0 Å². The molecule has 0 aliphatic rings. The highest BCUT2D eigenvalue weighted by Crippen LogP contribution is 2.13. The Labute approximate surface area is 134 Å². The summed E-state index contributed by atoms with van der Waals surface area (Å²) in [5.74, 6) is 0. The Bertz CT molecular complexity index is 241. The molecule has 0 saturated carbocycles. The van der Waals surface area contributed by atoms with Crippen LogP contribution < -0.4 is 0 Å². The third kappa shape index (κ3) is 14.6. The Hall–Kier alpha value is -0.120. The SMILES string of the molecule is C[N+](C)(C)CCCCCCCCCCCC(O)[N+](C)(C)C. The van der Waals surface area contributed by atoms with Crippen LogP contribution in [0.3, 0.4) is 0 Å². The normalized spacial score (nSPS) is 14.4. The predicted octanol–water partition coefficient (Wildman–Crippen LogP) is 3.62. The van der Waals surface area contributed by atoms with Crippen molar-refractivity contribution in [1.29, 1.82) is 0 Å². The molecule has 0 amide bonds. The second-order valence-corrected chi connectivity index (χ2v) is 8.58. The summed E-state index contributed by atoms with van der Waals surface area (Å²) in [7, 11) is 13.0. The molecule has 21 heavy (non-hydrogen) atoms. The van der Waals surface area contributed by atoms with E-state index in [2.05, 4.69) is 42.3 Å². The van der Waals surface area contributed by atoms with Gasteiger partial charge in [0.25, 0.3) is 0 Å². The van der Waals surface area contributed by atoms with E-state index in [-0.39, 0.29) is 6.23 Å². The zero-order valence-electron chi connectivity index (χ0n) is 15.7. The molecule has 1 unspecified atom stereocenters. The average molecular weight is 303 g/mol. The Morgan fingerprint density at radius 1 is 0.619 bits per heavy atom. The average Bonchev–Trinajstić information content (AvgIpc) is 2.33. The maximum Gasteiger partial charge on any atom is 0.189 e. The minimum atomic E-state index is -0.203. The number of hydrogen-bond donors (Lipinski definition) is 1. The van der Waals surface area contributed by atoms with Crippen molar-refractivity contribution in [3.05, 3.63) is 0 Å².